The molecule has 60 valence electrons. The van der Waals surface area contributed by atoms with Gasteiger partial charge in [-0.3, -0.25) is 4.98 Å². The first-order valence-electron chi connectivity index (χ1n) is 3.87. The second-order valence-electron chi connectivity index (χ2n) is 2.76. The predicted molar refractivity (Wildman–Crippen MR) is 47.5 cm³/mol. The van der Waals surface area contributed by atoms with E-state index in [2.05, 4.69) is 11.9 Å². The topological polar surface area (TPSA) is 38.9 Å². The third kappa shape index (κ3) is 1.34. The molecule has 2 nitrogen and oxygen atoms in total. The van der Waals surface area contributed by atoms with Crippen molar-refractivity contribution in [3.8, 4) is 0 Å². The molecule has 0 aliphatic carbocycles. The maximum Gasteiger partial charge on any atom is 0.0533 e. The van der Waals surface area contributed by atoms with Crippen molar-refractivity contribution in [2.45, 2.75) is 27.2 Å². The first-order valence-corrected chi connectivity index (χ1v) is 3.87. The highest BCUT2D eigenvalue weighted by atomic mass is 14.7. The normalized spacial score (nSPS) is 10.1. The van der Waals surface area contributed by atoms with Crippen molar-refractivity contribution in [3.05, 3.63) is 23.0 Å². The first kappa shape index (κ1) is 8.05. The lowest BCUT2D eigenvalue weighted by atomic mass is 10.0. The van der Waals surface area contributed by atoms with Gasteiger partial charge >= 0.3 is 0 Å². The zero-order valence-electron chi connectivity index (χ0n) is 7.31. The number of aryl methyl sites for hydroxylation is 1. The molecule has 0 atom stereocenters. The van der Waals surface area contributed by atoms with Gasteiger partial charge in [-0.25, -0.2) is 0 Å². The van der Waals surface area contributed by atoms with E-state index >= 15 is 0 Å². The highest BCUT2D eigenvalue weighted by Gasteiger charge is 2.03. The van der Waals surface area contributed by atoms with Crippen LogP contribution in [0.1, 0.15) is 23.7 Å². The lowest BCUT2D eigenvalue weighted by molar-refractivity contribution is 1.03. The van der Waals surface area contributed by atoms with Gasteiger partial charge in [0.1, 0.15) is 0 Å². The first-order chi connectivity index (χ1) is 5.16. The number of pyridine rings is 1. The molecule has 0 aromatic carbocycles. The van der Waals surface area contributed by atoms with Crippen molar-refractivity contribution in [1.82, 2.24) is 4.98 Å². The quantitative estimate of drug-likeness (QED) is 0.663. The summed E-state index contributed by atoms with van der Waals surface area (Å²) in [5.41, 5.74) is 10.1. The highest BCUT2D eigenvalue weighted by molar-refractivity contribution is 5.49. The monoisotopic (exact) mass is 150 g/mol. The molecule has 2 heteroatoms. The Morgan fingerprint density at radius 1 is 1.45 bits per heavy atom. The van der Waals surface area contributed by atoms with E-state index < -0.39 is 0 Å². The van der Waals surface area contributed by atoms with Gasteiger partial charge in [0.15, 0.2) is 0 Å². The molecule has 1 aromatic rings. The lowest BCUT2D eigenvalue weighted by Gasteiger charge is -2.07. The summed E-state index contributed by atoms with van der Waals surface area (Å²) < 4.78 is 0. The van der Waals surface area contributed by atoms with Crippen LogP contribution >= 0.6 is 0 Å². The van der Waals surface area contributed by atoms with Crippen molar-refractivity contribution in [2.75, 3.05) is 5.73 Å². The summed E-state index contributed by atoms with van der Waals surface area (Å²) in [5, 5.41) is 0. The Bertz CT molecular complexity index is 267. The standard InChI is InChI=1S/C9H14N2/c1-4-8-6(2)9(10)5-11-7(8)3/h5H,4,10H2,1-3H3. The number of anilines is 1. The van der Waals surface area contributed by atoms with Crippen LogP contribution in [0.2, 0.25) is 0 Å². The van der Waals surface area contributed by atoms with Gasteiger partial charge in [-0.05, 0) is 31.4 Å². The Balaban J connectivity index is 3.29. The van der Waals surface area contributed by atoms with Crippen LogP contribution in [0, 0.1) is 13.8 Å². The highest BCUT2D eigenvalue weighted by Crippen LogP contribution is 2.17. The van der Waals surface area contributed by atoms with E-state index in [1.165, 1.54) is 11.1 Å². The van der Waals surface area contributed by atoms with Gasteiger partial charge in [0.2, 0.25) is 0 Å². The number of nitrogen functional groups attached to an aromatic ring is 1. The summed E-state index contributed by atoms with van der Waals surface area (Å²) in [6, 6.07) is 0. The average Bonchev–Trinajstić information content (AvgIpc) is 1.99. The summed E-state index contributed by atoms with van der Waals surface area (Å²) in [7, 11) is 0. The summed E-state index contributed by atoms with van der Waals surface area (Å²) in [4.78, 5) is 4.19. The Morgan fingerprint density at radius 2 is 2.09 bits per heavy atom. The van der Waals surface area contributed by atoms with E-state index in [1.807, 2.05) is 13.8 Å². The molecule has 0 bridgehead atoms. The van der Waals surface area contributed by atoms with E-state index in [4.69, 9.17) is 5.73 Å². The average molecular weight is 150 g/mol. The smallest absolute Gasteiger partial charge is 0.0533 e. The molecule has 0 radical (unpaired) electrons. The zero-order chi connectivity index (χ0) is 8.43. The number of rotatable bonds is 1. The van der Waals surface area contributed by atoms with Crippen molar-refractivity contribution < 1.29 is 0 Å². The summed E-state index contributed by atoms with van der Waals surface area (Å²) >= 11 is 0. The summed E-state index contributed by atoms with van der Waals surface area (Å²) in [6.45, 7) is 6.19. The fourth-order valence-electron chi connectivity index (χ4n) is 1.31. The van der Waals surface area contributed by atoms with Crippen molar-refractivity contribution in [2.24, 2.45) is 0 Å². The number of aromatic nitrogens is 1. The molecule has 0 saturated heterocycles. The molecule has 0 amide bonds. The van der Waals surface area contributed by atoms with E-state index in [-0.39, 0.29) is 0 Å². The fraction of sp³-hybridized carbons (Fsp3) is 0.444. The van der Waals surface area contributed by atoms with Gasteiger partial charge < -0.3 is 5.73 Å². The van der Waals surface area contributed by atoms with E-state index in [1.54, 1.807) is 6.20 Å². The Morgan fingerprint density at radius 3 is 2.55 bits per heavy atom. The minimum absolute atomic E-state index is 0.799. The largest absolute Gasteiger partial charge is 0.397 e. The maximum atomic E-state index is 5.70. The zero-order valence-corrected chi connectivity index (χ0v) is 7.31. The molecular weight excluding hydrogens is 136 g/mol. The lowest BCUT2D eigenvalue weighted by Crippen LogP contribution is -1.99. The van der Waals surface area contributed by atoms with Crippen molar-refractivity contribution in [1.29, 1.82) is 0 Å². The number of hydrogen-bond acceptors (Lipinski definition) is 2. The molecule has 0 fully saturated rings. The minimum atomic E-state index is 0.799. The van der Waals surface area contributed by atoms with Crippen LogP contribution in [0.25, 0.3) is 0 Å². The maximum absolute atomic E-state index is 5.70. The van der Waals surface area contributed by atoms with Gasteiger partial charge in [-0.15, -0.1) is 0 Å². The summed E-state index contributed by atoms with van der Waals surface area (Å²) in [6.07, 6.45) is 2.74. The number of hydrogen-bond donors (Lipinski definition) is 1. The molecule has 1 heterocycles. The van der Waals surface area contributed by atoms with Crippen LogP contribution in [0.4, 0.5) is 5.69 Å². The van der Waals surface area contributed by atoms with Gasteiger partial charge in [0, 0.05) is 5.69 Å². The number of nitrogens with zero attached hydrogens (tertiary/aromatic N) is 1. The molecule has 0 aliphatic rings. The van der Waals surface area contributed by atoms with Crippen LogP contribution in [0.15, 0.2) is 6.20 Å². The Kier molecular flexibility index (Phi) is 2.13. The van der Waals surface area contributed by atoms with Gasteiger partial charge in [-0.2, -0.15) is 0 Å². The van der Waals surface area contributed by atoms with Gasteiger partial charge in [0.25, 0.3) is 0 Å². The molecule has 0 spiro atoms. The number of nitrogens with two attached hydrogens (primary N) is 1. The summed E-state index contributed by atoms with van der Waals surface area (Å²) in [5.74, 6) is 0. The minimum Gasteiger partial charge on any atom is -0.397 e. The Hall–Kier alpha value is -1.05. The predicted octanol–water partition coefficient (Wildman–Crippen LogP) is 1.84. The van der Waals surface area contributed by atoms with Gasteiger partial charge in [0.05, 0.1) is 11.9 Å². The SMILES string of the molecule is CCc1c(C)ncc(N)c1C. The van der Waals surface area contributed by atoms with E-state index in [0.717, 1.165) is 17.8 Å². The third-order valence-corrected chi connectivity index (χ3v) is 2.07. The second kappa shape index (κ2) is 2.91. The molecule has 0 aliphatic heterocycles. The van der Waals surface area contributed by atoms with Crippen LogP contribution in [0.5, 0.6) is 0 Å². The second-order valence-corrected chi connectivity index (χ2v) is 2.76. The molecule has 0 saturated carbocycles. The molecule has 1 aromatic heterocycles. The van der Waals surface area contributed by atoms with Crippen LogP contribution in [0.3, 0.4) is 0 Å². The molecule has 0 unspecified atom stereocenters. The van der Waals surface area contributed by atoms with Crippen LogP contribution < -0.4 is 5.73 Å². The Labute approximate surface area is 67.5 Å². The molecule has 1 rings (SSSR count). The molecule has 2 N–H and O–H groups in total. The van der Waals surface area contributed by atoms with Crippen molar-refractivity contribution >= 4 is 5.69 Å². The van der Waals surface area contributed by atoms with E-state index in [0.29, 0.717) is 0 Å². The van der Waals surface area contributed by atoms with Crippen molar-refractivity contribution in [3.63, 3.8) is 0 Å². The molecule has 11 heavy (non-hydrogen) atoms. The fourth-order valence-corrected chi connectivity index (χ4v) is 1.31. The van der Waals surface area contributed by atoms with Crippen LogP contribution in [-0.2, 0) is 6.42 Å². The van der Waals surface area contributed by atoms with Gasteiger partial charge in [-0.1, -0.05) is 6.92 Å². The third-order valence-electron chi connectivity index (χ3n) is 2.07. The van der Waals surface area contributed by atoms with E-state index in [9.17, 15) is 0 Å². The van der Waals surface area contributed by atoms with Crippen LogP contribution in [-0.4, -0.2) is 4.98 Å². The molecular formula is C9H14N2.